The van der Waals surface area contributed by atoms with Crippen molar-refractivity contribution in [1.82, 2.24) is 14.9 Å². The molecule has 0 unspecified atom stereocenters. The van der Waals surface area contributed by atoms with Gasteiger partial charge in [-0.2, -0.15) is 4.98 Å². The van der Waals surface area contributed by atoms with E-state index in [2.05, 4.69) is 22.2 Å². The van der Waals surface area contributed by atoms with E-state index in [0.717, 1.165) is 54.6 Å². The normalized spacial score (nSPS) is 15.2. The van der Waals surface area contributed by atoms with E-state index in [1.54, 1.807) is 6.26 Å². The molecule has 3 heterocycles. The van der Waals surface area contributed by atoms with Crippen LogP contribution < -0.4 is 10.2 Å². The van der Waals surface area contributed by atoms with Crippen LogP contribution in [-0.4, -0.2) is 48.1 Å². The van der Waals surface area contributed by atoms with Crippen molar-refractivity contribution in [2.24, 2.45) is 0 Å². The van der Waals surface area contributed by atoms with Gasteiger partial charge in [-0.25, -0.2) is 4.98 Å². The summed E-state index contributed by atoms with van der Waals surface area (Å²) in [7, 11) is 2.15. The predicted octanol–water partition coefficient (Wildman–Crippen LogP) is 3.01. The van der Waals surface area contributed by atoms with Gasteiger partial charge in [-0.1, -0.05) is 12.1 Å². The van der Waals surface area contributed by atoms with Gasteiger partial charge in [-0.15, -0.1) is 12.4 Å². The number of nitrogens with one attached hydrogen (secondary N) is 1. The molecule has 1 fully saturated rings. The first-order chi connectivity index (χ1) is 11.8. The quantitative estimate of drug-likeness (QED) is 0.772. The summed E-state index contributed by atoms with van der Waals surface area (Å²) in [6.45, 7) is 4.58. The number of anilines is 2. The SMILES string of the molecule is CN1CCN(c2nc(NCc3ccco3)c3ccccc3n2)CC1.Cl. The molecular formula is C18H22ClN5O. The van der Waals surface area contributed by atoms with Crippen LogP contribution in [-0.2, 0) is 6.54 Å². The molecule has 132 valence electrons. The zero-order valence-corrected chi connectivity index (χ0v) is 15.0. The molecule has 1 aliphatic heterocycles. The zero-order valence-electron chi connectivity index (χ0n) is 14.2. The summed E-state index contributed by atoms with van der Waals surface area (Å²) in [5, 5.41) is 4.43. The number of rotatable bonds is 4. The van der Waals surface area contributed by atoms with Gasteiger partial charge in [0.25, 0.3) is 0 Å². The monoisotopic (exact) mass is 359 g/mol. The van der Waals surface area contributed by atoms with E-state index >= 15 is 0 Å². The second-order valence-electron chi connectivity index (χ2n) is 6.11. The third kappa shape index (κ3) is 3.86. The standard InChI is InChI=1S/C18H21N5O.ClH/c1-22-8-10-23(11-9-22)18-20-16-7-3-2-6-15(16)17(21-18)19-13-14-5-4-12-24-14;/h2-7,12H,8-11,13H2,1H3,(H,19,20,21);1H. The van der Waals surface area contributed by atoms with Crippen molar-refractivity contribution < 1.29 is 4.42 Å². The van der Waals surface area contributed by atoms with Crippen molar-refractivity contribution in [1.29, 1.82) is 0 Å². The van der Waals surface area contributed by atoms with Crippen LogP contribution in [0.15, 0.2) is 47.1 Å². The van der Waals surface area contributed by atoms with Crippen LogP contribution in [0.3, 0.4) is 0 Å². The van der Waals surface area contributed by atoms with E-state index < -0.39 is 0 Å². The number of para-hydroxylation sites is 1. The van der Waals surface area contributed by atoms with Crippen LogP contribution in [0.2, 0.25) is 0 Å². The van der Waals surface area contributed by atoms with Gasteiger partial charge in [0.05, 0.1) is 18.3 Å². The van der Waals surface area contributed by atoms with Crippen LogP contribution in [0.5, 0.6) is 0 Å². The number of halogens is 1. The molecular weight excluding hydrogens is 338 g/mol. The summed E-state index contributed by atoms with van der Waals surface area (Å²) in [6, 6.07) is 12.0. The molecule has 1 aliphatic rings. The number of nitrogens with zero attached hydrogens (tertiary/aromatic N) is 4. The molecule has 7 heteroatoms. The molecule has 0 atom stereocenters. The second-order valence-corrected chi connectivity index (χ2v) is 6.11. The summed E-state index contributed by atoms with van der Waals surface area (Å²) >= 11 is 0. The van der Waals surface area contributed by atoms with E-state index in [0.29, 0.717) is 6.54 Å². The number of aromatic nitrogens is 2. The van der Waals surface area contributed by atoms with Crippen molar-refractivity contribution in [2.45, 2.75) is 6.54 Å². The van der Waals surface area contributed by atoms with Gasteiger partial charge in [0, 0.05) is 31.6 Å². The number of hydrogen-bond donors (Lipinski definition) is 1. The molecule has 0 aliphatic carbocycles. The lowest BCUT2D eigenvalue weighted by atomic mass is 10.2. The Kier molecular flexibility index (Phi) is 5.40. The third-order valence-electron chi connectivity index (χ3n) is 4.39. The molecule has 1 saturated heterocycles. The lowest BCUT2D eigenvalue weighted by Gasteiger charge is -2.32. The van der Waals surface area contributed by atoms with E-state index in [4.69, 9.17) is 14.4 Å². The maximum Gasteiger partial charge on any atom is 0.227 e. The zero-order chi connectivity index (χ0) is 16.4. The maximum atomic E-state index is 5.40. The first-order valence-corrected chi connectivity index (χ1v) is 8.26. The van der Waals surface area contributed by atoms with Crippen LogP contribution in [0, 0.1) is 0 Å². The predicted molar refractivity (Wildman–Crippen MR) is 103 cm³/mol. The fourth-order valence-corrected chi connectivity index (χ4v) is 2.93. The number of hydrogen-bond acceptors (Lipinski definition) is 6. The molecule has 0 radical (unpaired) electrons. The molecule has 1 aromatic carbocycles. The summed E-state index contributed by atoms with van der Waals surface area (Å²) in [6.07, 6.45) is 1.69. The lowest BCUT2D eigenvalue weighted by Crippen LogP contribution is -2.45. The largest absolute Gasteiger partial charge is 0.467 e. The van der Waals surface area contributed by atoms with Crippen molar-refractivity contribution in [2.75, 3.05) is 43.4 Å². The van der Waals surface area contributed by atoms with Gasteiger partial charge < -0.3 is 19.5 Å². The van der Waals surface area contributed by atoms with Gasteiger partial charge in [0.2, 0.25) is 5.95 Å². The summed E-state index contributed by atoms with van der Waals surface area (Å²) < 4.78 is 5.40. The highest BCUT2D eigenvalue weighted by Crippen LogP contribution is 2.24. The number of furan rings is 1. The van der Waals surface area contributed by atoms with Crippen LogP contribution >= 0.6 is 12.4 Å². The average Bonchev–Trinajstić information content (AvgIpc) is 3.13. The van der Waals surface area contributed by atoms with Crippen molar-refractivity contribution >= 4 is 35.1 Å². The molecule has 0 spiro atoms. The fraction of sp³-hybridized carbons (Fsp3) is 0.333. The highest BCUT2D eigenvalue weighted by molar-refractivity contribution is 5.90. The molecule has 1 N–H and O–H groups in total. The van der Waals surface area contributed by atoms with Crippen LogP contribution in [0.25, 0.3) is 10.9 Å². The smallest absolute Gasteiger partial charge is 0.227 e. The Morgan fingerprint density at radius 1 is 1.04 bits per heavy atom. The minimum absolute atomic E-state index is 0. The van der Waals surface area contributed by atoms with Gasteiger partial charge >= 0.3 is 0 Å². The second kappa shape index (κ2) is 7.72. The van der Waals surface area contributed by atoms with E-state index in [1.165, 1.54) is 0 Å². The maximum absolute atomic E-state index is 5.40. The van der Waals surface area contributed by atoms with Crippen LogP contribution in [0.1, 0.15) is 5.76 Å². The Labute approximate surface area is 153 Å². The van der Waals surface area contributed by atoms with Crippen LogP contribution in [0.4, 0.5) is 11.8 Å². The number of likely N-dealkylation sites (N-methyl/N-ethyl adjacent to an activating group) is 1. The van der Waals surface area contributed by atoms with E-state index in [1.807, 2.05) is 36.4 Å². The molecule has 4 rings (SSSR count). The Balaban J connectivity index is 0.00000182. The number of fused-ring (bicyclic) bond motifs is 1. The highest BCUT2D eigenvalue weighted by atomic mass is 35.5. The summed E-state index contributed by atoms with van der Waals surface area (Å²) in [4.78, 5) is 14.1. The summed E-state index contributed by atoms with van der Waals surface area (Å²) in [5.74, 6) is 2.54. The molecule has 25 heavy (non-hydrogen) atoms. The van der Waals surface area contributed by atoms with Gasteiger partial charge in [-0.3, -0.25) is 0 Å². The first-order valence-electron chi connectivity index (χ1n) is 8.26. The third-order valence-corrected chi connectivity index (χ3v) is 4.39. The molecule has 0 saturated carbocycles. The lowest BCUT2D eigenvalue weighted by molar-refractivity contribution is 0.311. The molecule has 3 aromatic rings. The summed E-state index contributed by atoms with van der Waals surface area (Å²) in [5.41, 5.74) is 0.961. The molecule has 2 aromatic heterocycles. The topological polar surface area (TPSA) is 57.4 Å². The van der Waals surface area contributed by atoms with Gasteiger partial charge in [-0.05, 0) is 31.3 Å². The molecule has 6 nitrogen and oxygen atoms in total. The Morgan fingerprint density at radius 2 is 1.84 bits per heavy atom. The van der Waals surface area contributed by atoms with E-state index in [9.17, 15) is 0 Å². The minimum Gasteiger partial charge on any atom is -0.467 e. The molecule has 0 amide bonds. The van der Waals surface area contributed by atoms with E-state index in [-0.39, 0.29) is 12.4 Å². The molecule has 0 bridgehead atoms. The van der Waals surface area contributed by atoms with Gasteiger partial charge in [0.15, 0.2) is 0 Å². The Bertz CT molecular complexity index is 815. The van der Waals surface area contributed by atoms with Crippen molar-refractivity contribution in [3.63, 3.8) is 0 Å². The average molecular weight is 360 g/mol. The Hall–Kier alpha value is -2.31. The highest BCUT2D eigenvalue weighted by Gasteiger charge is 2.18. The van der Waals surface area contributed by atoms with Gasteiger partial charge in [0.1, 0.15) is 11.6 Å². The van der Waals surface area contributed by atoms with Crippen molar-refractivity contribution in [3.8, 4) is 0 Å². The fourth-order valence-electron chi connectivity index (χ4n) is 2.93. The number of benzene rings is 1. The number of piperazine rings is 1. The minimum atomic E-state index is 0. The van der Waals surface area contributed by atoms with Crippen molar-refractivity contribution in [3.05, 3.63) is 48.4 Å². The Morgan fingerprint density at radius 3 is 2.60 bits per heavy atom. The first kappa shape index (κ1) is 17.5.